The molecule has 1 aromatic rings. The lowest BCUT2D eigenvalue weighted by Gasteiger charge is -2.21. The molecule has 1 atom stereocenters. The molecule has 0 bridgehead atoms. The van der Waals surface area contributed by atoms with Gasteiger partial charge in [0.2, 0.25) is 5.91 Å². The van der Waals surface area contributed by atoms with E-state index >= 15 is 0 Å². The van der Waals surface area contributed by atoms with Crippen LogP contribution in [0.15, 0.2) is 24.5 Å². The SMILES string of the molecule is CNCC(=O)NCC(c1cccnc1)C(C)C.Cl. The zero-order valence-electron chi connectivity index (χ0n) is 11.1. The highest BCUT2D eigenvalue weighted by Crippen LogP contribution is 2.22. The number of hydrogen-bond donors (Lipinski definition) is 2. The lowest BCUT2D eigenvalue weighted by atomic mass is 9.89. The summed E-state index contributed by atoms with van der Waals surface area (Å²) in [6.45, 7) is 5.32. The molecule has 0 aliphatic heterocycles. The number of amides is 1. The van der Waals surface area contributed by atoms with Crippen molar-refractivity contribution in [1.82, 2.24) is 15.6 Å². The number of carbonyl (C=O) groups is 1. The Balaban J connectivity index is 0.00000289. The van der Waals surface area contributed by atoms with Gasteiger partial charge in [0.05, 0.1) is 6.54 Å². The summed E-state index contributed by atoms with van der Waals surface area (Å²) >= 11 is 0. The summed E-state index contributed by atoms with van der Waals surface area (Å²) in [5.41, 5.74) is 1.17. The lowest BCUT2D eigenvalue weighted by Crippen LogP contribution is -2.35. The molecule has 0 aliphatic rings. The highest BCUT2D eigenvalue weighted by Gasteiger charge is 2.16. The third kappa shape index (κ3) is 5.47. The molecule has 0 aliphatic carbocycles. The number of halogens is 1. The molecule has 0 fully saturated rings. The Morgan fingerprint density at radius 3 is 2.67 bits per heavy atom. The minimum absolute atomic E-state index is 0. The first kappa shape index (κ1) is 16.9. The Morgan fingerprint density at radius 2 is 2.17 bits per heavy atom. The summed E-state index contributed by atoms with van der Waals surface area (Å²) in [7, 11) is 1.76. The Hall–Kier alpha value is -1.13. The summed E-state index contributed by atoms with van der Waals surface area (Å²) in [6, 6.07) is 3.99. The van der Waals surface area contributed by atoms with E-state index in [1.165, 1.54) is 5.56 Å². The summed E-state index contributed by atoms with van der Waals surface area (Å²) < 4.78 is 0. The van der Waals surface area contributed by atoms with E-state index in [9.17, 15) is 4.79 Å². The summed E-state index contributed by atoms with van der Waals surface area (Å²) in [6.07, 6.45) is 3.63. The Kier molecular flexibility index (Phi) is 8.33. The van der Waals surface area contributed by atoms with Gasteiger partial charge in [0.15, 0.2) is 0 Å². The second kappa shape index (κ2) is 8.89. The van der Waals surface area contributed by atoms with Crippen molar-refractivity contribution in [3.8, 4) is 0 Å². The second-order valence-corrected chi connectivity index (χ2v) is 4.47. The predicted octanol–water partition coefficient (Wildman–Crippen LogP) is 1.58. The summed E-state index contributed by atoms with van der Waals surface area (Å²) in [5.74, 6) is 0.806. The van der Waals surface area contributed by atoms with E-state index in [2.05, 4.69) is 35.5 Å². The maximum absolute atomic E-state index is 11.4. The molecule has 1 rings (SSSR count). The fraction of sp³-hybridized carbons (Fsp3) is 0.538. The number of rotatable bonds is 6. The van der Waals surface area contributed by atoms with E-state index in [0.29, 0.717) is 24.9 Å². The molecule has 18 heavy (non-hydrogen) atoms. The van der Waals surface area contributed by atoms with Crippen LogP contribution in [0.4, 0.5) is 0 Å². The normalized spacial score (nSPS) is 11.8. The van der Waals surface area contributed by atoms with Gasteiger partial charge in [0, 0.05) is 24.9 Å². The van der Waals surface area contributed by atoms with E-state index in [-0.39, 0.29) is 18.3 Å². The van der Waals surface area contributed by atoms with Crippen LogP contribution in [0.3, 0.4) is 0 Å². The topological polar surface area (TPSA) is 54.0 Å². The summed E-state index contributed by atoms with van der Waals surface area (Å²) in [4.78, 5) is 15.5. The van der Waals surface area contributed by atoms with Crippen molar-refractivity contribution in [1.29, 1.82) is 0 Å². The number of likely N-dealkylation sites (N-methyl/N-ethyl adjacent to an activating group) is 1. The van der Waals surface area contributed by atoms with Crippen LogP contribution >= 0.6 is 12.4 Å². The van der Waals surface area contributed by atoms with Crippen molar-refractivity contribution in [3.63, 3.8) is 0 Å². The molecule has 0 aromatic carbocycles. The molecule has 0 spiro atoms. The van der Waals surface area contributed by atoms with Gasteiger partial charge >= 0.3 is 0 Å². The van der Waals surface area contributed by atoms with E-state index < -0.39 is 0 Å². The fourth-order valence-electron chi connectivity index (χ4n) is 1.78. The molecule has 5 heteroatoms. The second-order valence-electron chi connectivity index (χ2n) is 4.47. The zero-order valence-corrected chi connectivity index (χ0v) is 12.0. The number of hydrogen-bond acceptors (Lipinski definition) is 3. The quantitative estimate of drug-likeness (QED) is 0.826. The van der Waals surface area contributed by atoms with E-state index in [1.807, 2.05) is 12.3 Å². The van der Waals surface area contributed by atoms with Crippen molar-refractivity contribution in [2.45, 2.75) is 19.8 Å². The van der Waals surface area contributed by atoms with Gasteiger partial charge in [0.1, 0.15) is 0 Å². The Labute approximate surface area is 115 Å². The van der Waals surface area contributed by atoms with E-state index in [1.54, 1.807) is 13.2 Å². The first-order chi connectivity index (χ1) is 8.15. The highest BCUT2D eigenvalue weighted by atomic mass is 35.5. The maximum atomic E-state index is 11.4. The van der Waals surface area contributed by atoms with Gasteiger partial charge in [-0.15, -0.1) is 12.4 Å². The van der Waals surface area contributed by atoms with Crippen molar-refractivity contribution < 1.29 is 4.79 Å². The number of pyridine rings is 1. The van der Waals surface area contributed by atoms with Crippen LogP contribution in [0.2, 0.25) is 0 Å². The molecular formula is C13H22ClN3O. The molecule has 1 heterocycles. The molecule has 0 saturated carbocycles. The molecule has 0 saturated heterocycles. The molecule has 1 amide bonds. The van der Waals surface area contributed by atoms with Gasteiger partial charge in [-0.2, -0.15) is 0 Å². The van der Waals surface area contributed by atoms with Crippen LogP contribution in [0.5, 0.6) is 0 Å². The molecule has 1 aromatic heterocycles. The largest absolute Gasteiger partial charge is 0.354 e. The van der Waals surface area contributed by atoms with Crippen LogP contribution in [0.1, 0.15) is 25.3 Å². The first-order valence-corrected chi connectivity index (χ1v) is 5.96. The molecule has 2 N–H and O–H groups in total. The van der Waals surface area contributed by atoms with Crippen LogP contribution in [0.25, 0.3) is 0 Å². The minimum atomic E-state index is 0. The Bertz CT molecular complexity index is 343. The third-order valence-corrected chi connectivity index (χ3v) is 2.77. The zero-order chi connectivity index (χ0) is 12.7. The maximum Gasteiger partial charge on any atom is 0.233 e. The predicted molar refractivity (Wildman–Crippen MR) is 76.0 cm³/mol. The first-order valence-electron chi connectivity index (χ1n) is 5.96. The minimum Gasteiger partial charge on any atom is -0.354 e. The van der Waals surface area contributed by atoms with Gasteiger partial charge in [-0.1, -0.05) is 19.9 Å². The van der Waals surface area contributed by atoms with E-state index in [0.717, 1.165) is 0 Å². The Morgan fingerprint density at radius 1 is 1.44 bits per heavy atom. The highest BCUT2D eigenvalue weighted by molar-refractivity contribution is 5.85. The van der Waals surface area contributed by atoms with Crippen LogP contribution in [-0.2, 0) is 4.79 Å². The van der Waals surface area contributed by atoms with E-state index in [4.69, 9.17) is 0 Å². The number of nitrogens with one attached hydrogen (secondary N) is 2. The molecule has 0 radical (unpaired) electrons. The van der Waals surface area contributed by atoms with Crippen molar-refractivity contribution in [2.24, 2.45) is 5.92 Å². The monoisotopic (exact) mass is 271 g/mol. The van der Waals surface area contributed by atoms with Gasteiger partial charge in [-0.25, -0.2) is 0 Å². The molecular weight excluding hydrogens is 250 g/mol. The lowest BCUT2D eigenvalue weighted by molar-refractivity contribution is -0.120. The van der Waals surface area contributed by atoms with Crippen LogP contribution < -0.4 is 10.6 Å². The van der Waals surface area contributed by atoms with Gasteiger partial charge in [-0.05, 0) is 24.6 Å². The average Bonchev–Trinajstić information content (AvgIpc) is 2.30. The average molecular weight is 272 g/mol. The van der Waals surface area contributed by atoms with Gasteiger partial charge < -0.3 is 10.6 Å². The standard InChI is InChI=1S/C13H21N3O.ClH/c1-10(2)12(8-16-13(17)9-14-3)11-5-4-6-15-7-11;/h4-7,10,12,14H,8-9H2,1-3H3,(H,16,17);1H. The number of aromatic nitrogens is 1. The van der Waals surface area contributed by atoms with Crippen molar-refractivity contribution in [3.05, 3.63) is 30.1 Å². The summed E-state index contributed by atoms with van der Waals surface area (Å²) in [5, 5.41) is 5.77. The van der Waals surface area contributed by atoms with Gasteiger partial charge in [0.25, 0.3) is 0 Å². The van der Waals surface area contributed by atoms with Gasteiger partial charge in [-0.3, -0.25) is 9.78 Å². The smallest absolute Gasteiger partial charge is 0.233 e. The van der Waals surface area contributed by atoms with Crippen molar-refractivity contribution >= 4 is 18.3 Å². The number of carbonyl (C=O) groups excluding carboxylic acids is 1. The van der Waals surface area contributed by atoms with Crippen LogP contribution in [-0.4, -0.2) is 31.0 Å². The third-order valence-electron chi connectivity index (χ3n) is 2.77. The molecule has 4 nitrogen and oxygen atoms in total. The molecule has 1 unspecified atom stereocenters. The fourth-order valence-corrected chi connectivity index (χ4v) is 1.78. The molecule has 102 valence electrons. The van der Waals surface area contributed by atoms with Crippen molar-refractivity contribution in [2.75, 3.05) is 20.1 Å². The van der Waals surface area contributed by atoms with Crippen LogP contribution in [0, 0.1) is 5.92 Å². The number of nitrogens with zero attached hydrogens (tertiary/aromatic N) is 1.